The Bertz CT molecular complexity index is 1500. The number of nitrogens with zero attached hydrogens (tertiary/aromatic N) is 2. The van der Waals surface area contributed by atoms with Crippen molar-refractivity contribution in [2.75, 3.05) is 10.0 Å². The van der Waals surface area contributed by atoms with Crippen LogP contribution in [-0.4, -0.2) is 35.5 Å². The van der Waals surface area contributed by atoms with E-state index in [4.69, 9.17) is 0 Å². The largest absolute Gasteiger partial charge is 0.481 e. The van der Waals surface area contributed by atoms with Crippen molar-refractivity contribution in [3.8, 4) is 11.3 Å². The van der Waals surface area contributed by atoms with Crippen LogP contribution in [0.5, 0.6) is 0 Å². The summed E-state index contributed by atoms with van der Waals surface area (Å²) in [4.78, 5) is 20.0. The van der Waals surface area contributed by atoms with E-state index in [1.165, 1.54) is 18.2 Å². The molecule has 1 aromatic carbocycles. The maximum Gasteiger partial charge on any atom is 0.418 e. The lowest BCUT2D eigenvalue weighted by atomic mass is 9.84. The highest BCUT2D eigenvalue weighted by Gasteiger charge is 2.51. The Morgan fingerprint density at radius 3 is 2.42 bits per heavy atom. The number of carboxylic acid groups (broad SMARTS) is 1. The summed E-state index contributed by atoms with van der Waals surface area (Å²) in [5.74, 6) is -1.31. The summed E-state index contributed by atoms with van der Waals surface area (Å²) in [6.07, 6.45) is -2.14. The van der Waals surface area contributed by atoms with E-state index in [0.29, 0.717) is 5.56 Å². The Labute approximate surface area is 217 Å². The first-order chi connectivity index (χ1) is 17.9. The fourth-order valence-electron chi connectivity index (χ4n) is 5.65. The highest BCUT2D eigenvalue weighted by Crippen LogP contribution is 2.49. The number of hydrogen-bond acceptors (Lipinski definition) is 6. The number of anilines is 2. The zero-order valence-corrected chi connectivity index (χ0v) is 21.1. The fraction of sp³-hybridized carbons (Fsp3) is 0.346. The first-order valence-corrected chi connectivity index (χ1v) is 13.6. The van der Waals surface area contributed by atoms with Crippen LogP contribution in [0.25, 0.3) is 11.3 Å². The molecule has 2 heterocycles. The van der Waals surface area contributed by atoms with Gasteiger partial charge in [0.1, 0.15) is 11.6 Å². The summed E-state index contributed by atoms with van der Waals surface area (Å²) in [5, 5.41) is 12.4. The molecule has 3 N–H and O–H groups in total. The molecule has 200 valence electrons. The number of halogens is 3. The number of rotatable bonds is 7. The third-order valence-corrected chi connectivity index (χ3v) is 8.61. The monoisotopic (exact) mass is 546 g/mol. The second-order valence-electron chi connectivity index (χ2n) is 9.74. The van der Waals surface area contributed by atoms with Crippen molar-refractivity contribution in [3.63, 3.8) is 0 Å². The van der Waals surface area contributed by atoms with Crippen LogP contribution >= 0.6 is 0 Å². The minimum atomic E-state index is -4.70. The minimum Gasteiger partial charge on any atom is -0.481 e. The van der Waals surface area contributed by atoms with Crippen LogP contribution in [0, 0.1) is 24.7 Å². The average molecular weight is 547 g/mol. The molecular formula is C26H25F3N4O4S. The Kier molecular flexibility index (Phi) is 6.54. The van der Waals surface area contributed by atoms with Crippen molar-refractivity contribution in [1.82, 2.24) is 9.97 Å². The molecule has 2 bridgehead atoms. The lowest BCUT2D eigenvalue weighted by Gasteiger charge is -2.29. The zero-order chi connectivity index (χ0) is 27.2. The molecule has 0 amide bonds. The average Bonchev–Trinajstić information content (AvgIpc) is 3.45. The summed E-state index contributed by atoms with van der Waals surface area (Å²) in [7, 11) is -4.33. The van der Waals surface area contributed by atoms with E-state index >= 15 is 0 Å². The molecule has 2 aliphatic carbocycles. The highest BCUT2D eigenvalue weighted by molar-refractivity contribution is 7.92. The molecule has 12 heteroatoms. The van der Waals surface area contributed by atoms with Gasteiger partial charge in [0.25, 0.3) is 10.0 Å². The number of carboxylic acids is 1. The fourth-order valence-corrected chi connectivity index (χ4v) is 6.62. The third kappa shape index (κ3) is 4.92. The summed E-state index contributed by atoms with van der Waals surface area (Å²) in [6.45, 7) is 1.64. The first-order valence-electron chi connectivity index (χ1n) is 12.1. The number of aromatic nitrogens is 2. The number of hydrogen-bond donors (Lipinski definition) is 3. The predicted molar refractivity (Wildman–Crippen MR) is 134 cm³/mol. The van der Waals surface area contributed by atoms with Gasteiger partial charge in [0.05, 0.1) is 17.2 Å². The quantitative estimate of drug-likeness (QED) is 0.373. The van der Waals surface area contributed by atoms with E-state index in [2.05, 4.69) is 20.0 Å². The van der Waals surface area contributed by atoms with Crippen LogP contribution in [0.4, 0.5) is 24.8 Å². The van der Waals surface area contributed by atoms with Crippen LogP contribution in [-0.2, 0) is 21.0 Å². The van der Waals surface area contributed by atoms with Gasteiger partial charge in [0, 0.05) is 11.6 Å². The molecule has 0 aliphatic heterocycles. The Hall–Kier alpha value is -3.67. The van der Waals surface area contributed by atoms with Gasteiger partial charge < -0.3 is 10.4 Å². The van der Waals surface area contributed by atoms with Gasteiger partial charge in [0.2, 0.25) is 0 Å². The lowest BCUT2D eigenvalue weighted by molar-refractivity contribution is -0.143. The highest BCUT2D eigenvalue weighted by atomic mass is 32.2. The second kappa shape index (κ2) is 9.57. The number of aliphatic carboxylic acids is 1. The summed E-state index contributed by atoms with van der Waals surface area (Å²) in [6, 6.07) is 12.0. The Morgan fingerprint density at radius 2 is 1.71 bits per heavy atom. The molecular weight excluding hydrogens is 521 g/mol. The van der Waals surface area contributed by atoms with Crippen LogP contribution in [0.15, 0.2) is 59.6 Å². The van der Waals surface area contributed by atoms with Gasteiger partial charge >= 0.3 is 12.1 Å². The maximum absolute atomic E-state index is 13.7. The molecule has 0 spiro atoms. The number of pyridine rings is 2. The van der Waals surface area contributed by atoms with E-state index in [-0.39, 0.29) is 40.1 Å². The molecule has 5 rings (SSSR count). The number of benzene rings is 1. The molecule has 4 atom stereocenters. The molecule has 0 radical (unpaired) electrons. The molecule has 38 heavy (non-hydrogen) atoms. The van der Waals surface area contributed by atoms with Gasteiger partial charge in [-0.2, -0.15) is 21.6 Å². The van der Waals surface area contributed by atoms with E-state index in [9.17, 15) is 31.5 Å². The number of sulfonamides is 1. The van der Waals surface area contributed by atoms with E-state index in [1.54, 1.807) is 31.2 Å². The van der Waals surface area contributed by atoms with Crippen molar-refractivity contribution >= 4 is 27.6 Å². The maximum atomic E-state index is 13.7. The Balaban J connectivity index is 1.43. The van der Waals surface area contributed by atoms with Crippen molar-refractivity contribution in [2.24, 2.45) is 17.8 Å². The van der Waals surface area contributed by atoms with Crippen LogP contribution in [0.1, 0.15) is 30.4 Å². The summed E-state index contributed by atoms with van der Waals surface area (Å²) in [5.41, 5.74) is -0.608. The van der Waals surface area contributed by atoms with Gasteiger partial charge in [-0.1, -0.05) is 30.3 Å². The second-order valence-corrected chi connectivity index (χ2v) is 11.4. The van der Waals surface area contributed by atoms with Crippen molar-refractivity contribution in [1.29, 1.82) is 0 Å². The zero-order valence-electron chi connectivity index (χ0n) is 20.2. The molecule has 2 aliphatic rings. The first kappa shape index (κ1) is 26.0. The van der Waals surface area contributed by atoms with E-state index in [0.717, 1.165) is 31.4 Å². The minimum absolute atomic E-state index is 0.0803. The molecule has 0 unspecified atom stereocenters. The summed E-state index contributed by atoms with van der Waals surface area (Å²) >= 11 is 0. The topological polar surface area (TPSA) is 121 Å². The third-order valence-electron chi connectivity index (χ3n) is 7.35. The number of fused-ring (bicyclic) bond motifs is 2. The summed E-state index contributed by atoms with van der Waals surface area (Å²) < 4.78 is 69.6. The molecule has 2 aromatic heterocycles. The van der Waals surface area contributed by atoms with Crippen LogP contribution in [0.3, 0.4) is 0 Å². The van der Waals surface area contributed by atoms with Crippen molar-refractivity contribution in [2.45, 2.75) is 43.4 Å². The van der Waals surface area contributed by atoms with Crippen molar-refractivity contribution in [3.05, 3.63) is 65.7 Å². The molecule has 2 fully saturated rings. The van der Waals surface area contributed by atoms with Gasteiger partial charge in [0.15, 0.2) is 5.03 Å². The lowest BCUT2D eigenvalue weighted by Crippen LogP contribution is -2.39. The van der Waals surface area contributed by atoms with Gasteiger partial charge in [-0.15, -0.1) is 0 Å². The molecule has 8 nitrogen and oxygen atoms in total. The molecule has 3 aromatic rings. The number of alkyl halides is 3. The number of carbonyl (C=O) groups is 1. The van der Waals surface area contributed by atoms with E-state index < -0.39 is 39.3 Å². The van der Waals surface area contributed by atoms with Gasteiger partial charge in [-0.05, 0) is 67.9 Å². The standard InChI is InChI=1S/C26H25F3N4O4S/c1-14-5-2-3-6-17(14)24-18(26(27,28)29)11-12-20(32-24)33-38(36,37)21-8-4-7-19(30-21)31-23-16-10-9-15(13-16)22(23)25(34)35/h2-8,11-12,15-16,22-23H,9-10,13H2,1H3,(H,30,31)(H,32,33)(H,34,35)/t15-,16+,22-,23+/m0/s1. The van der Waals surface area contributed by atoms with Gasteiger partial charge in [-0.25, -0.2) is 9.97 Å². The smallest absolute Gasteiger partial charge is 0.418 e. The van der Waals surface area contributed by atoms with Crippen molar-refractivity contribution < 1.29 is 31.5 Å². The number of nitrogens with one attached hydrogen (secondary N) is 2. The predicted octanol–water partition coefficient (Wildman–Crippen LogP) is 5.18. The van der Waals surface area contributed by atoms with Gasteiger partial charge in [-0.3, -0.25) is 9.52 Å². The van der Waals surface area contributed by atoms with Crippen LogP contribution < -0.4 is 10.0 Å². The SMILES string of the molecule is Cc1ccccc1-c1nc(NS(=O)(=O)c2cccc(N[C@@H]3[C@@H]4CC[C@@H](C4)[C@@H]3C(=O)O)n2)ccc1C(F)(F)F. The molecule has 2 saturated carbocycles. The van der Waals surface area contributed by atoms with E-state index in [1.807, 2.05) is 0 Å². The normalized spacial score (nSPS) is 22.8. The van der Waals surface area contributed by atoms with Crippen LogP contribution in [0.2, 0.25) is 0 Å². The Morgan fingerprint density at radius 1 is 0.974 bits per heavy atom. The molecule has 0 saturated heterocycles. The number of aryl methyl sites for hydroxylation is 1.